The third-order valence-electron chi connectivity index (χ3n) is 3.02. The van der Waals surface area contributed by atoms with Crippen LogP contribution in [0.5, 0.6) is 5.75 Å². The number of nitrogens with zero attached hydrogens (tertiary/aromatic N) is 1. The minimum absolute atomic E-state index is 0.0474. The second-order valence-corrected chi connectivity index (χ2v) is 8.29. The summed E-state index contributed by atoms with van der Waals surface area (Å²) in [6.45, 7) is 9.98. The fraction of sp³-hybridized carbons (Fsp3) is 0.562. The van der Waals surface area contributed by atoms with Gasteiger partial charge < -0.3 is 9.08 Å². The van der Waals surface area contributed by atoms with Crippen molar-refractivity contribution in [3.05, 3.63) is 29.8 Å². The molecule has 0 aromatic heterocycles. The van der Waals surface area contributed by atoms with E-state index < -0.39 is 15.5 Å². The number of benzene rings is 1. The molecular weight excluding hydrogens is 302 g/mol. The maximum atomic E-state index is 12.5. The zero-order valence-electron chi connectivity index (χ0n) is 14.1. The van der Waals surface area contributed by atoms with E-state index in [1.165, 1.54) is 0 Å². The molecule has 0 saturated heterocycles. The summed E-state index contributed by atoms with van der Waals surface area (Å²) >= 11 is 0. The largest absolute Gasteiger partial charge is 0.383 e. The van der Waals surface area contributed by atoms with Crippen LogP contribution in [0.2, 0.25) is 0 Å². The van der Waals surface area contributed by atoms with E-state index in [1.807, 2.05) is 40.7 Å². The molecule has 0 atom stereocenters. The number of carbonyl (C=O) groups is 1. The van der Waals surface area contributed by atoms with Crippen LogP contribution in [0, 0.1) is 5.41 Å². The van der Waals surface area contributed by atoms with Crippen molar-refractivity contribution in [1.29, 1.82) is 0 Å². The lowest BCUT2D eigenvalue weighted by Crippen LogP contribution is -2.43. The highest BCUT2D eigenvalue weighted by Crippen LogP contribution is 2.23. The molecule has 0 bridgehead atoms. The van der Waals surface area contributed by atoms with E-state index in [4.69, 9.17) is 4.18 Å². The monoisotopic (exact) mass is 327 g/mol. The van der Waals surface area contributed by atoms with Gasteiger partial charge in [-0.05, 0) is 31.5 Å². The molecule has 22 heavy (non-hydrogen) atoms. The Bertz CT molecular complexity index is 630. The first-order valence-electron chi connectivity index (χ1n) is 7.19. The van der Waals surface area contributed by atoms with E-state index >= 15 is 0 Å². The summed E-state index contributed by atoms with van der Waals surface area (Å²) in [5.74, 6) is 0.309. The summed E-state index contributed by atoms with van der Waals surface area (Å²) in [4.78, 5) is 14.3. The van der Waals surface area contributed by atoms with Crippen LogP contribution >= 0.6 is 0 Å². The molecule has 0 unspecified atom stereocenters. The van der Waals surface area contributed by atoms with E-state index in [2.05, 4.69) is 0 Å². The molecule has 1 amide bonds. The summed E-state index contributed by atoms with van der Waals surface area (Å²) in [5.41, 5.74) is 0.359. The Balaban J connectivity index is 3.00. The fourth-order valence-electron chi connectivity index (χ4n) is 1.99. The third kappa shape index (κ3) is 5.67. The Morgan fingerprint density at radius 1 is 1.27 bits per heavy atom. The lowest BCUT2D eigenvalue weighted by Gasteiger charge is -2.33. The number of carbonyl (C=O) groups excluding carboxylic acids is 1. The van der Waals surface area contributed by atoms with Crippen molar-refractivity contribution in [2.75, 3.05) is 6.26 Å². The molecule has 124 valence electrons. The lowest BCUT2D eigenvalue weighted by atomic mass is 9.93. The first kappa shape index (κ1) is 18.5. The van der Waals surface area contributed by atoms with Crippen molar-refractivity contribution in [3.63, 3.8) is 0 Å². The second kappa shape index (κ2) is 6.69. The maximum absolute atomic E-state index is 12.5. The SMILES string of the molecule is CC(C)N(Cc1cccc(OS(C)(=O)=O)c1)C(=O)C(C)(C)C. The molecule has 0 saturated carbocycles. The van der Waals surface area contributed by atoms with Gasteiger partial charge in [0.2, 0.25) is 5.91 Å². The van der Waals surface area contributed by atoms with E-state index in [0.29, 0.717) is 6.54 Å². The molecule has 0 aliphatic carbocycles. The normalized spacial score (nSPS) is 12.3. The van der Waals surface area contributed by atoms with Crippen LogP contribution in [0.25, 0.3) is 0 Å². The van der Waals surface area contributed by atoms with Crippen LogP contribution in [0.3, 0.4) is 0 Å². The van der Waals surface area contributed by atoms with Gasteiger partial charge in [-0.3, -0.25) is 4.79 Å². The molecule has 1 aromatic carbocycles. The van der Waals surface area contributed by atoms with Crippen LogP contribution in [0.4, 0.5) is 0 Å². The first-order chi connectivity index (χ1) is 9.90. The number of hydrogen-bond acceptors (Lipinski definition) is 4. The average Bonchev–Trinajstić information content (AvgIpc) is 2.32. The number of amides is 1. The number of hydrogen-bond donors (Lipinski definition) is 0. The van der Waals surface area contributed by atoms with Gasteiger partial charge in [0.25, 0.3) is 0 Å². The average molecular weight is 327 g/mol. The molecular formula is C16H25NO4S. The molecule has 0 aliphatic heterocycles. The highest BCUT2D eigenvalue weighted by molar-refractivity contribution is 7.86. The van der Waals surface area contributed by atoms with Gasteiger partial charge >= 0.3 is 10.1 Å². The number of rotatable bonds is 5. The van der Waals surface area contributed by atoms with Gasteiger partial charge in [-0.2, -0.15) is 8.42 Å². The van der Waals surface area contributed by atoms with Crippen LogP contribution in [0.15, 0.2) is 24.3 Å². The van der Waals surface area contributed by atoms with Gasteiger partial charge in [-0.15, -0.1) is 0 Å². The standard InChI is InChI=1S/C16H25NO4S/c1-12(2)17(15(18)16(3,4)5)11-13-8-7-9-14(10-13)21-22(6,19)20/h7-10,12H,11H2,1-6H3. The zero-order valence-corrected chi connectivity index (χ0v) is 14.9. The maximum Gasteiger partial charge on any atom is 0.306 e. The summed E-state index contributed by atoms with van der Waals surface area (Å²) in [7, 11) is -3.56. The van der Waals surface area contributed by atoms with Crippen LogP contribution in [-0.4, -0.2) is 31.5 Å². The van der Waals surface area contributed by atoms with Crippen molar-refractivity contribution in [2.24, 2.45) is 5.41 Å². The van der Waals surface area contributed by atoms with Crippen molar-refractivity contribution in [2.45, 2.75) is 47.2 Å². The molecule has 0 N–H and O–H groups in total. The summed E-state index contributed by atoms with van der Waals surface area (Å²) in [5, 5.41) is 0. The lowest BCUT2D eigenvalue weighted by molar-refractivity contribution is -0.142. The van der Waals surface area contributed by atoms with Gasteiger partial charge in [0, 0.05) is 18.0 Å². The van der Waals surface area contributed by atoms with Crippen LogP contribution < -0.4 is 4.18 Å². The summed E-state index contributed by atoms with van der Waals surface area (Å²) in [6, 6.07) is 6.84. The molecule has 1 rings (SSSR count). The Hall–Kier alpha value is -1.56. The molecule has 5 nitrogen and oxygen atoms in total. The third-order valence-corrected chi connectivity index (χ3v) is 3.52. The Morgan fingerprint density at radius 2 is 1.86 bits per heavy atom. The Kier molecular flexibility index (Phi) is 5.62. The van der Waals surface area contributed by atoms with Gasteiger partial charge in [0.15, 0.2) is 0 Å². The molecule has 0 radical (unpaired) electrons. The van der Waals surface area contributed by atoms with Gasteiger partial charge in [-0.1, -0.05) is 32.9 Å². The fourth-order valence-corrected chi connectivity index (χ4v) is 2.44. The van der Waals surface area contributed by atoms with Crippen molar-refractivity contribution < 1.29 is 17.4 Å². The van der Waals surface area contributed by atoms with E-state index in [9.17, 15) is 13.2 Å². The van der Waals surface area contributed by atoms with E-state index in [1.54, 1.807) is 23.1 Å². The Morgan fingerprint density at radius 3 is 2.32 bits per heavy atom. The van der Waals surface area contributed by atoms with Crippen molar-refractivity contribution in [1.82, 2.24) is 4.90 Å². The predicted octanol–water partition coefficient (Wildman–Crippen LogP) is 2.81. The quantitative estimate of drug-likeness (QED) is 0.780. The van der Waals surface area contributed by atoms with E-state index in [0.717, 1.165) is 11.8 Å². The topological polar surface area (TPSA) is 63.7 Å². The highest BCUT2D eigenvalue weighted by atomic mass is 32.2. The van der Waals surface area contributed by atoms with Gasteiger partial charge in [0.05, 0.1) is 6.26 Å². The van der Waals surface area contributed by atoms with Crippen molar-refractivity contribution in [3.8, 4) is 5.75 Å². The Labute approximate surface area is 133 Å². The minimum atomic E-state index is -3.56. The predicted molar refractivity (Wildman–Crippen MR) is 87.1 cm³/mol. The van der Waals surface area contributed by atoms with Crippen LogP contribution in [0.1, 0.15) is 40.2 Å². The molecule has 0 spiro atoms. The zero-order chi connectivity index (χ0) is 17.1. The first-order valence-corrected chi connectivity index (χ1v) is 9.01. The molecule has 1 aromatic rings. The van der Waals surface area contributed by atoms with Crippen molar-refractivity contribution >= 4 is 16.0 Å². The molecule has 0 heterocycles. The second-order valence-electron chi connectivity index (χ2n) is 6.71. The molecule has 6 heteroatoms. The van der Waals surface area contributed by atoms with E-state index in [-0.39, 0.29) is 17.7 Å². The molecule has 0 fully saturated rings. The smallest absolute Gasteiger partial charge is 0.306 e. The van der Waals surface area contributed by atoms with Gasteiger partial charge in [0.1, 0.15) is 5.75 Å². The highest BCUT2D eigenvalue weighted by Gasteiger charge is 2.28. The van der Waals surface area contributed by atoms with Gasteiger partial charge in [-0.25, -0.2) is 0 Å². The summed E-state index contributed by atoms with van der Waals surface area (Å²) in [6.07, 6.45) is 1.00. The molecule has 0 aliphatic rings. The van der Waals surface area contributed by atoms with Crippen LogP contribution in [-0.2, 0) is 21.5 Å². The minimum Gasteiger partial charge on any atom is -0.383 e. The summed E-state index contributed by atoms with van der Waals surface area (Å²) < 4.78 is 27.3.